The van der Waals surface area contributed by atoms with E-state index in [0.717, 1.165) is 19.8 Å². The smallest absolute Gasteiger partial charge is 0.169 e. The van der Waals surface area contributed by atoms with Gasteiger partial charge in [-0.15, -0.1) is 0 Å². The summed E-state index contributed by atoms with van der Waals surface area (Å²) in [5.74, 6) is 0. The average molecular weight is 187 g/mol. The maximum Gasteiger partial charge on any atom is 0.169 e. The molecule has 0 aromatic rings. The largest absolute Gasteiger partial charge is 0.352 e. The molecule has 0 atom stereocenters. The van der Waals surface area contributed by atoms with Crippen molar-refractivity contribution in [1.82, 2.24) is 5.32 Å². The van der Waals surface area contributed by atoms with Crippen LogP contribution < -0.4 is 5.32 Å². The Labute approximate surface area is 80.8 Å². The molecular formula is C10H21NO2. The van der Waals surface area contributed by atoms with Crippen LogP contribution in [-0.2, 0) is 9.47 Å². The lowest BCUT2D eigenvalue weighted by molar-refractivity contribution is -0.134. The minimum absolute atomic E-state index is 0.0596. The third kappa shape index (κ3) is 4.07. The Morgan fingerprint density at radius 3 is 2.23 bits per heavy atom. The molecule has 0 unspecified atom stereocenters. The van der Waals surface area contributed by atoms with E-state index in [1.54, 1.807) is 0 Å². The Morgan fingerprint density at radius 2 is 1.85 bits per heavy atom. The summed E-state index contributed by atoms with van der Waals surface area (Å²) in [7, 11) is 0. The summed E-state index contributed by atoms with van der Waals surface area (Å²) in [5.41, 5.74) is 0. The second-order valence-electron chi connectivity index (χ2n) is 3.38. The van der Waals surface area contributed by atoms with Crippen LogP contribution in [0.5, 0.6) is 0 Å². The van der Waals surface area contributed by atoms with Crippen molar-refractivity contribution in [3.8, 4) is 0 Å². The molecule has 0 heterocycles. The van der Waals surface area contributed by atoms with Crippen LogP contribution in [0, 0.1) is 0 Å². The summed E-state index contributed by atoms with van der Waals surface area (Å²) in [5, 5.41) is 3.44. The molecule has 0 bridgehead atoms. The van der Waals surface area contributed by atoms with Crippen molar-refractivity contribution in [2.45, 2.75) is 45.4 Å². The third-order valence-electron chi connectivity index (χ3n) is 2.38. The predicted octanol–water partition coefficient (Wildman–Crippen LogP) is 1.53. The van der Waals surface area contributed by atoms with E-state index in [1.165, 1.54) is 19.3 Å². The quantitative estimate of drug-likeness (QED) is 0.613. The molecule has 13 heavy (non-hydrogen) atoms. The van der Waals surface area contributed by atoms with Gasteiger partial charge in [-0.05, 0) is 26.7 Å². The van der Waals surface area contributed by atoms with Crippen molar-refractivity contribution in [3.63, 3.8) is 0 Å². The van der Waals surface area contributed by atoms with Gasteiger partial charge in [-0.2, -0.15) is 0 Å². The lowest BCUT2D eigenvalue weighted by Crippen LogP contribution is -2.41. The monoisotopic (exact) mass is 187 g/mol. The lowest BCUT2D eigenvalue weighted by Gasteiger charge is -2.28. The van der Waals surface area contributed by atoms with Gasteiger partial charge >= 0.3 is 0 Å². The zero-order valence-electron chi connectivity index (χ0n) is 8.71. The summed E-state index contributed by atoms with van der Waals surface area (Å²) >= 11 is 0. The third-order valence-corrected chi connectivity index (χ3v) is 2.38. The molecule has 0 aromatic heterocycles. The van der Waals surface area contributed by atoms with Gasteiger partial charge in [0.25, 0.3) is 0 Å². The van der Waals surface area contributed by atoms with E-state index in [0.29, 0.717) is 6.04 Å². The van der Waals surface area contributed by atoms with E-state index in [-0.39, 0.29) is 6.29 Å². The first-order valence-electron chi connectivity index (χ1n) is 5.33. The number of nitrogens with one attached hydrogen (secondary N) is 1. The van der Waals surface area contributed by atoms with E-state index in [9.17, 15) is 0 Å². The molecule has 1 rings (SSSR count). The van der Waals surface area contributed by atoms with Crippen molar-refractivity contribution in [1.29, 1.82) is 0 Å². The molecular weight excluding hydrogens is 166 g/mol. The maximum atomic E-state index is 5.42. The van der Waals surface area contributed by atoms with Crippen LogP contribution in [0.2, 0.25) is 0 Å². The molecule has 1 saturated carbocycles. The fraction of sp³-hybridized carbons (Fsp3) is 1.00. The van der Waals surface area contributed by atoms with Crippen LogP contribution in [0.15, 0.2) is 0 Å². The molecule has 0 radical (unpaired) electrons. The van der Waals surface area contributed by atoms with Gasteiger partial charge in [-0.25, -0.2) is 0 Å². The van der Waals surface area contributed by atoms with Crippen LogP contribution in [0.25, 0.3) is 0 Å². The Morgan fingerprint density at radius 1 is 1.23 bits per heavy atom. The minimum Gasteiger partial charge on any atom is -0.352 e. The van der Waals surface area contributed by atoms with E-state index < -0.39 is 0 Å². The molecule has 1 fully saturated rings. The molecule has 78 valence electrons. The summed E-state index contributed by atoms with van der Waals surface area (Å²) in [6.07, 6.45) is 3.93. The normalized spacial score (nSPS) is 17.8. The lowest BCUT2D eigenvalue weighted by atomic mass is 9.93. The van der Waals surface area contributed by atoms with Gasteiger partial charge < -0.3 is 14.8 Å². The maximum absolute atomic E-state index is 5.42. The number of hydrogen-bond acceptors (Lipinski definition) is 3. The zero-order chi connectivity index (χ0) is 9.52. The van der Waals surface area contributed by atoms with Crippen LogP contribution in [-0.4, -0.2) is 32.1 Å². The summed E-state index contributed by atoms with van der Waals surface area (Å²) in [4.78, 5) is 0. The summed E-state index contributed by atoms with van der Waals surface area (Å²) < 4.78 is 10.8. The summed E-state index contributed by atoms with van der Waals surface area (Å²) in [6.45, 7) is 6.26. The first-order chi connectivity index (χ1) is 6.36. The van der Waals surface area contributed by atoms with Gasteiger partial charge in [0.15, 0.2) is 6.29 Å². The van der Waals surface area contributed by atoms with Crippen molar-refractivity contribution >= 4 is 0 Å². The second kappa shape index (κ2) is 6.35. The van der Waals surface area contributed by atoms with E-state index in [1.807, 2.05) is 13.8 Å². The highest BCUT2D eigenvalue weighted by Crippen LogP contribution is 2.17. The van der Waals surface area contributed by atoms with Crippen molar-refractivity contribution in [2.75, 3.05) is 19.8 Å². The van der Waals surface area contributed by atoms with E-state index in [4.69, 9.17) is 9.47 Å². The standard InChI is InChI=1S/C10H21NO2/c1-3-12-10(13-4-2)8-11-9-6-5-7-9/h9-11H,3-8H2,1-2H3. The highest BCUT2D eigenvalue weighted by molar-refractivity contribution is 4.76. The molecule has 1 aliphatic rings. The van der Waals surface area contributed by atoms with Gasteiger partial charge in [-0.1, -0.05) is 6.42 Å². The number of ether oxygens (including phenoxy) is 2. The molecule has 3 heteroatoms. The van der Waals surface area contributed by atoms with Gasteiger partial charge in [0.2, 0.25) is 0 Å². The molecule has 0 spiro atoms. The first kappa shape index (κ1) is 11.0. The molecule has 1 N–H and O–H groups in total. The van der Waals surface area contributed by atoms with E-state index in [2.05, 4.69) is 5.32 Å². The molecule has 1 aliphatic carbocycles. The van der Waals surface area contributed by atoms with Crippen molar-refractivity contribution in [3.05, 3.63) is 0 Å². The van der Waals surface area contributed by atoms with Crippen LogP contribution in [0.4, 0.5) is 0 Å². The first-order valence-corrected chi connectivity index (χ1v) is 5.33. The minimum atomic E-state index is -0.0596. The Kier molecular flexibility index (Phi) is 5.35. The topological polar surface area (TPSA) is 30.5 Å². The van der Waals surface area contributed by atoms with Crippen LogP contribution >= 0.6 is 0 Å². The van der Waals surface area contributed by atoms with Gasteiger partial charge in [0, 0.05) is 25.8 Å². The highest BCUT2D eigenvalue weighted by Gasteiger charge is 2.18. The molecule has 0 aliphatic heterocycles. The van der Waals surface area contributed by atoms with Crippen LogP contribution in [0.1, 0.15) is 33.1 Å². The Bertz CT molecular complexity index is 120. The van der Waals surface area contributed by atoms with Gasteiger partial charge in [-0.3, -0.25) is 0 Å². The number of hydrogen-bond donors (Lipinski definition) is 1. The predicted molar refractivity (Wildman–Crippen MR) is 52.7 cm³/mol. The SMILES string of the molecule is CCOC(CNC1CCC1)OCC. The van der Waals surface area contributed by atoms with Crippen molar-refractivity contribution < 1.29 is 9.47 Å². The molecule has 0 aromatic carbocycles. The Hall–Kier alpha value is -0.120. The van der Waals surface area contributed by atoms with Crippen LogP contribution in [0.3, 0.4) is 0 Å². The summed E-state index contributed by atoms with van der Waals surface area (Å²) in [6, 6.07) is 0.711. The molecule has 3 nitrogen and oxygen atoms in total. The molecule has 0 amide bonds. The Balaban J connectivity index is 2.05. The molecule has 0 saturated heterocycles. The van der Waals surface area contributed by atoms with Crippen molar-refractivity contribution in [2.24, 2.45) is 0 Å². The zero-order valence-corrected chi connectivity index (χ0v) is 8.71. The second-order valence-corrected chi connectivity index (χ2v) is 3.38. The fourth-order valence-corrected chi connectivity index (χ4v) is 1.41. The van der Waals surface area contributed by atoms with Gasteiger partial charge in [0.1, 0.15) is 0 Å². The fourth-order valence-electron chi connectivity index (χ4n) is 1.41. The highest BCUT2D eigenvalue weighted by atomic mass is 16.7. The van der Waals surface area contributed by atoms with Gasteiger partial charge in [0.05, 0.1) is 0 Å². The average Bonchev–Trinajstić information content (AvgIpc) is 2.02. The number of rotatable bonds is 7. The van der Waals surface area contributed by atoms with E-state index >= 15 is 0 Å².